The predicted octanol–water partition coefficient (Wildman–Crippen LogP) is 2.89. The van der Waals surface area contributed by atoms with Crippen LogP contribution in [-0.4, -0.2) is 22.8 Å². The first-order valence-corrected chi connectivity index (χ1v) is 6.55. The average molecular weight is 342 g/mol. The van der Waals surface area contributed by atoms with Gasteiger partial charge in [-0.25, -0.2) is 0 Å². The molecule has 1 heterocycles. The van der Waals surface area contributed by atoms with E-state index in [1.165, 1.54) is 0 Å². The first kappa shape index (κ1) is 20.4. The molecule has 2 N–H and O–H groups in total. The Balaban J connectivity index is 0.00000220. The van der Waals surface area contributed by atoms with Crippen LogP contribution < -0.4 is 5.73 Å². The van der Waals surface area contributed by atoms with Gasteiger partial charge in [0.25, 0.3) is 0 Å². The SMILES string of the molecule is Cc1ccc(C(N)C(=O)N(C)Cc2ccccn2)cc1.Cl.Cl. The van der Waals surface area contributed by atoms with Gasteiger partial charge in [0.1, 0.15) is 6.04 Å². The normalized spacial score (nSPS) is 10.9. The zero-order chi connectivity index (χ0) is 14.5. The number of benzene rings is 1. The number of amides is 1. The minimum atomic E-state index is -0.635. The van der Waals surface area contributed by atoms with Crippen molar-refractivity contribution < 1.29 is 4.79 Å². The van der Waals surface area contributed by atoms with E-state index in [0.717, 1.165) is 16.8 Å². The highest BCUT2D eigenvalue weighted by Gasteiger charge is 2.20. The molecule has 2 rings (SSSR count). The van der Waals surface area contributed by atoms with Crippen LogP contribution in [0.4, 0.5) is 0 Å². The molecule has 22 heavy (non-hydrogen) atoms. The maximum absolute atomic E-state index is 12.3. The Bertz CT molecular complexity index is 576. The van der Waals surface area contributed by atoms with Gasteiger partial charge < -0.3 is 10.6 Å². The van der Waals surface area contributed by atoms with Gasteiger partial charge in [0.15, 0.2) is 0 Å². The highest BCUT2D eigenvalue weighted by molar-refractivity contribution is 5.85. The molecule has 1 amide bonds. The van der Waals surface area contributed by atoms with Crippen LogP contribution in [0.1, 0.15) is 22.9 Å². The molecular weight excluding hydrogens is 321 g/mol. The van der Waals surface area contributed by atoms with Crippen LogP contribution in [0.15, 0.2) is 48.7 Å². The maximum atomic E-state index is 12.3. The first-order chi connectivity index (χ1) is 9.58. The fraction of sp³-hybridized carbons (Fsp3) is 0.250. The highest BCUT2D eigenvalue weighted by Crippen LogP contribution is 2.14. The molecule has 0 saturated heterocycles. The number of likely N-dealkylation sites (N-methyl/N-ethyl adjacent to an activating group) is 1. The fourth-order valence-corrected chi connectivity index (χ4v) is 1.97. The summed E-state index contributed by atoms with van der Waals surface area (Å²) in [6.45, 7) is 2.46. The molecule has 1 atom stereocenters. The van der Waals surface area contributed by atoms with Crippen molar-refractivity contribution in [1.82, 2.24) is 9.88 Å². The van der Waals surface area contributed by atoms with Crippen molar-refractivity contribution >= 4 is 30.7 Å². The van der Waals surface area contributed by atoms with Gasteiger partial charge in [-0.15, -0.1) is 24.8 Å². The summed E-state index contributed by atoms with van der Waals surface area (Å²) < 4.78 is 0. The van der Waals surface area contributed by atoms with Crippen molar-refractivity contribution in [1.29, 1.82) is 0 Å². The number of aromatic nitrogens is 1. The molecular formula is C16H21Cl2N3O. The molecule has 1 unspecified atom stereocenters. The highest BCUT2D eigenvalue weighted by atomic mass is 35.5. The van der Waals surface area contributed by atoms with Gasteiger partial charge in [-0.2, -0.15) is 0 Å². The number of aryl methyl sites for hydroxylation is 1. The van der Waals surface area contributed by atoms with Gasteiger partial charge in [0.05, 0.1) is 12.2 Å². The lowest BCUT2D eigenvalue weighted by Gasteiger charge is -2.21. The summed E-state index contributed by atoms with van der Waals surface area (Å²) in [7, 11) is 1.74. The van der Waals surface area contributed by atoms with Gasteiger partial charge in [-0.3, -0.25) is 9.78 Å². The van der Waals surface area contributed by atoms with E-state index >= 15 is 0 Å². The third-order valence-corrected chi connectivity index (χ3v) is 3.20. The van der Waals surface area contributed by atoms with Crippen molar-refractivity contribution in [2.24, 2.45) is 5.73 Å². The van der Waals surface area contributed by atoms with E-state index < -0.39 is 6.04 Å². The minimum Gasteiger partial charge on any atom is -0.338 e. The second-order valence-corrected chi connectivity index (χ2v) is 4.90. The topological polar surface area (TPSA) is 59.2 Å². The van der Waals surface area contributed by atoms with Crippen LogP contribution in [0.2, 0.25) is 0 Å². The number of carbonyl (C=O) groups excluding carboxylic acids is 1. The van der Waals surface area contributed by atoms with Gasteiger partial charge in [-0.05, 0) is 24.6 Å². The van der Waals surface area contributed by atoms with Crippen LogP contribution in [0.3, 0.4) is 0 Å². The largest absolute Gasteiger partial charge is 0.338 e. The number of carbonyl (C=O) groups is 1. The lowest BCUT2D eigenvalue weighted by Crippen LogP contribution is -2.35. The number of nitrogens with two attached hydrogens (primary N) is 1. The van der Waals surface area contributed by atoms with Crippen molar-refractivity contribution in [2.75, 3.05) is 7.05 Å². The number of nitrogens with zero attached hydrogens (tertiary/aromatic N) is 2. The van der Waals surface area contributed by atoms with E-state index in [1.54, 1.807) is 18.1 Å². The molecule has 6 heteroatoms. The Morgan fingerprint density at radius 1 is 1.18 bits per heavy atom. The molecule has 120 valence electrons. The Morgan fingerprint density at radius 3 is 2.36 bits per heavy atom. The zero-order valence-electron chi connectivity index (χ0n) is 12.6. The second-order valence-electron chi connectivity index (χ2n) is 4.90. The number of hydrogen-bond acceptors (Lipinski definition) is 3. The standard InChI is InChI=1S/C16H19N3O.2ClH/c1-12-6-8-13(9-7-12)15(17)16(20)19(2)11-14-5-3-4-10-18-14;;/h3-10,15H,11,17H2,1-2H3;2*1H. The molecule has 0 fully saturated rings. The third-order valence-electron chi connectivity index (χ3n) is 3.20. The van der Waals surface area contributed by atoms with E-state index in [2.05, 4.69) is 4.98 Å². The lowest BCUT2D eigenvalue weighted by molar-refractivity contribution is -0.132. The van der Waals surface area contributed by atoms with E-state index in [4.69, 9.17) is 5.73 Å². The first-order valence-electron chi connectivity index (χ1n) is 6.55. The monoisotopic (exact) mass is 341 g/mol. The van der Waals surface area contributed by atoms with E-state index in [0.29, 0.717) is 6.54 Å². The van der Waals surface area contributed by atoms with Crippen LogP contribution in [0, 0.1) is 6.92 Å². The quantitative estimate of drug-likeness (QED) is 0.929. The molecule has 0 bridgehead atoms. The molecule has 0 aliphatic heterocycles. The van der Waals surface area contributed by atoms with Gasteiger partial charge in [-0.1, -0.05) is 35.9 Å². The van der Waals surface area contributed by atoms with Gasteiger partial charge >= 0.3 is 0 Å². The Hall–Kier alpha value is -1.62. The smallest absolute Gasteiger partial charge is 0.244 e. The summed E-state index contributed by atoms with van der Waals surface area (Å²) in [6.07, 6.45) is 1.72. The minimum absolute atomic E-state index is 0. The summed E-state index contributed by atoms with van der Waals surface area (Å²) in [4.78, 5) is 18.1. The maximum Gasteiger partial charge on any atom is 0.244 e. The molecule has 1 aromatic heterocycles. The average Bonchev–Trinajstić information content (AvgIpc) is 2.47. The second kappa shape index (κ2) is 9.41. The zero-order valence-corrected chi connectivity index (χ0v) is 14.2. The van der Waals surface area contributed by atoms with Crippen LogP contribution in [0.5, 0.6) is 0 Å². The van der Waals surface area contributed by atoms with E-state index in [-0.39, 0.29) is 30.7 Å². The lowest BCUT2D eigenvalue weighted by atomic mass is 10.0. The van der Waals surface area contributed by atoms with Crippen LogP contribution in [-0.2, 0) is 11.3 Å². The fourth-order valence-electron chi connectivity index (χ4n) is 1.97. The number of hydrogen-bond donors (Lipinski definition) is 1. The number of rotatable bonds is 4. The van der Waals surface area contributed by atoms with E-state index in [9.17, 15) is 4.79 Å². The van der Waals surface area contributed by atoms with Crippen LogP contribution in [0.25, 0.3) is 0 Å². The molecule has 0 aliphatic rings. The molecule has 0 spiro atoms. The summed E-state index contributed by atoms with van der Waals surface area (Å²) in [5.41, 5.74) is 8.85. The third kappa shape index (κ3) is 5.30. The number of pyridine rings is 1. The van der Waals surface area contributed by atoms with E-state index in [1.807, 2.05) is 49.4 Å². The van der Waals surface area contributed by atoms with Gasteiger partial charge in [0.2, 0.25) is 5.91 Å². The number of halogens is 2. The summed E-state index contributed by atoms with van der Waals surface area (Å²) in [6, 6.07) is 12.7. The molecule has 4 nitrogen and oxygen atoms in total. The Labute approximate surface area is 143 Å². The van der Waals surface area contributed by atoms with Crippen molar-refractivity contribution in [3.63, 3.8) is 0 Å². The van der Waals surface area contributed by atoms with Crippen molar-refractivity contribution in [3.05, 3.63) is 65.5 Å². The summed E-state index contributed by atoms with van der Waals surface area (Å²) in [5, 5.41) is 0. The predicted molar refractivity (Wildman–Crippen MR) is 93.3 cm³/mol. The Morgan fingerprint density at radius 2 is 1.82 bits per heavy atom. The molecule has 1 aromatic carbocycles. The van der Waals surface area contributed by atoms with Gasteiger partial charge in [0, 0.05) is 13.2 Å². The summed E-state index contributed by atoms with van der Waals surface area (Å²) in [5.74, 6) is -0.112. The molecule has 0 radical (unpaired) electrons. The van der Waals surface area contributed by atoms with Crippen molar-refractivity contribution in [2.45, 2.75) is 19.5 Å². The van der Waals surface area contributed by atoms with Crippen LogP contribution >= 0.6 is 24.8 Å². The van der Waals surface area contributed by atoms with Crippen molar-refractivity contribution in [3.8, 4) is 0 Å². The molecule has 2 aromatic rings. The Kier molecular flexibility index (Phi) is 8.72. The molecule has 0 saturated carbocycles. The summed E-state index contributed by atoms with van der Waals surface area (Å²) >= 11 is 0. The molecule has 0 aliphatic carbocycles.